The zero-order chi connectivity index (χ0) is 17.2. The van der Waals surface area contributed by atoms with E-state index in [0.29, 0.717) is 18.3 Å². The number of hydrogen-bond donors (Lipinski definition) is 2. The Hall–Kier alpha value is -1.99. The van der Waals surface area contributed by atoms with Crippen LogP contribution >= 0.6 is 11.3 Å². The molecule has 0 atom stereocenters. The van der Waals surface area contributed by atoms with Gasteiger partial charge in [0.1, 0.15) is 0 Å². The van der Waals surface area contributed by atoms with E-state index in [-0.39, 0.29) is 6.03 Å². The first-order chi connectivity index (χ1) is 11.7. The first-order valence-corrected chi connectivity index (χ1v) is 9.02. The Morgan fingerprint density at radius 1 is 1.25 bits per heavy atom. The highest BCUT2D eigenvalue weighted by molar-refractivity contribution is 7.19. The van der Waals surface area contributed by atoms with Crippen molar-refractivity contribution in [3.63, 3.8) is 0 Å². The number of anilines is 1. The van der Waals surface area contributed by atoms with E-state index in [1.165, 1.54) is 11.3 Å². The van der Waals surface area contributed by atoms with Gasteiger partial charge in [-0.25, -0.2) is 9.78 Å². The van der Waals surface area contributed by atoms with Gasteiger partial charge in [-0.2, -0.15) is 0 Å². The monoisotopic (exact) mass is 348 g/mol. The highest BCUT2D eigenvalue weighted by Gasteiger charge is 2.11. The van der Waals surface area contributed by atoms with Crippen LogP contribution in [0.2, 0.25) is 0 Å². The molecule has 2 N–H and O–H groups in total. The number of rotatable bonds is 9. The van der Waals surface area contributed by atoms with Crippen LogP contribution in [-0.2, 0) is 4.74 Å². The second kappa shape index (κ2) is 10.00. The Kier molecular flexibility index (Phi) is 7.64. The summed E-state index contributed by atoms with van der Waals surface area (Å²) >= 11 is 1.46. The number of nitrogens with one attached hydrogen (secondary N) is 2. The van der Waals surface area contributed by atoms with E-state index in [9.17, 15) is 4.79 Å². The molecule has 2 amide bonds. The van der Waals surface area contributed by atoms with Gasteiger partial charge in [0.2, 0.25) is 0 Å². The normalized spacial score (nSPS) is 10.6. The number of pyridine rings is 1. The molecule has 7 heteroatoms. The molecule has 0 aliphatic carbocycles. The van der Waals surface area contributed by atoms with E-state index in [1.54, 1.807) is 12.4 Å². The number of carbonyl (C=O) groups is 1. The van der Waals surface area contributed by atoms with E-state index < -0.39 is 0 Å². The largest absolute Gasteiger partial charge is 0.381 e. The van der Waals surface area contributed by atoms with Crippen molar-refractivity contribution in [2.24, 2.45) is 0 Å². The van der Waals surface area contributed by atoms with E-state index in [2.05, 4.69) is 27.5 Å². The van der Waals surface area contributed by atoms with Crippen molar-refractivity contribution >= 4 is 22.5 Å². The summed E-state index contributed by atoms with van der Waals surface area (Å²) in [6.07, 6.45) is 6.51. The smallest absolute Gasteiger partial charge is 0.321 e. The number of urea groups is 1. The van der Waals surface area contributed by atoms with Crippen molar-refractivity contribution in [2.75, 3.05) is 25.1 Å². The Balaban J connectivity index is 1.75. The van der Waals surface area contributed by atoms with Crippen molar-refractivity contribution in [1.29, 1.82) is 0 Å². The molecule has 2 heterocycles. The molecule has 2 aromatic rings. The average Bonchev–Trinajstić information content (AvgIpc) is 2.95. The fourth-order valence-corrected chi connectivity index (χ4v) is 3.05. The second-order valence-electron chi connectivity index (χ2n) is 5.37. The van der Waals surface area contributed by atoms with Gasteiger partial charge < -0.3 is 10.1 Å². The van der Waals surface area contributed by atoms with Crippen molar-refractivity contribution in [3.8, 4) is 10.4 Å². The molecule has 0 spiro atoms. The third-order valence-electron chi connectivity index (χ3n) is 3.35. The lowest BCUT2D eigenvalue weighted by Gasteiger charge is -2.06. The maximum Gasteiger partial charge on any atom is 0.321 e. The first-order valence-electron chi connectivity index (χ1n) is 8.21. The number of ether oxygens (including phenoxy) is 1. The number of aryl methyl sites for hydroxylation is 1. The molecular formula is C17H24N4O2S. The molecule has 0 saturated heterocycles. The summed E-state index contributed by atoms with van der Waals surface area (Å²) in [6, 6.07) is 3.63. The van der Waals surface area contributed by atoms with Crippen LogP contribution in [0, 0.1) is 6.92 Å². The second-order valence-corrected chi connectivity index (χ2v) is 6.37. The Morgan fingerprint density at radius 2 is 2.00 bits per heavy atom. The number of aromatic nitrogens is 2. The molecule has 2 rings (SSSR count). The number of amides is 2. The van der Waals surface area contributed by atoms with E-state index in [4.69, 9.17) is 4.74 Å². The van der Waals surface area contributed by atoms with E-state index in [1.807, 2.05) is 19.1 Å². The van der Waals surface area contributed by atoms with Gasteiger partial charge in [-0.3, -0.25) is 10.3 Å². The van der Waals surface area contributed by atoms with Crippen molar-refractivity contribution in [2.45, 2.75) is 33.1 Å². The molecule has 0 fully saturated rings. The number of carbonyl (C=O) groups excluding carboxylic acids is 1. The summed E-state index contributed by atoms with van der Waals surface area (Å²) in [4.78, 5) is 21.4. The molecule has 0 aliphatic rings. The molecule has 0 saturated carbocycles. The highest BCUT2D eigenvalue weighted by atomic mass is 32.1. The van der Waals surface area contributed by atoms with Crippen LogP contribution in [0.5, 0.6) is 0 Å². The fraction of sp³-hybridized carbons (Fsp3) is 0.471. The predicted octanol–water partition coefficient (Wildman–Crippen LogP) is 3.84. The van der Waals surface area contributed by atoms with Gasteiger partial charge in [0.05, 0.1) is 10.6 Å². The van der Waals surface area contributed by atoms with Crippen LogP contribution in [0.15, 0.2) is 24.5 Å². The maximum atomic E-state index is 11.9. The maximum absolute atomic E-state index is 11.9. The Bertz CT molecular complexity index is 631. The van der Waals surface area contributed by atoms with E-state index in [0.717, 1.165) is 42.0 Å². The topological polar surface area (TPSA) is 76.1 Å². The lowest BCUT2D eigenvalue weighted by Crippen LogP contribution is -2.30. The molecule has 0 unspecified atom stereocenters. The van der Waals surface area contributed by atoms with Gasteiger partial charge in [0.15, 0.2) is 5.13 Å². The number of thiazole rings is 1. The van der Waals surface area contributed by atoms with Gasteiger partial charge in [0.25, 0.3) is 0 Å². The molecule has 130 valence electrons. The van der Waals surface area contributed by atoms with Crippen LogP contribution in [-0.4, -0.2) is 35.8 Å². The lowest BCUT2D eigenvalue weighted by molar-refractivity contribution is 0.129. The molecule has 0 bridgehead atoms. The third kappa shape index (κ3) is 5.90. The van der Waals surface area contributed by atoms with Crippen LogP contribution in [0.1, 0.15) is 31.9 Å². The van der Waals surface area contributed by atoms with Gasteiger partial charge in [-0.15, -0.1) is 0 Å². The first kappa shape index (κ1) is 18.4. The summed E-state index contributed by atoms with van der Waals surface area (Å²) in [5.41, 5.74) is 1.95. The molecule has 0 aromatic carbocycles. The average molecular weight is 348 g/mol. The van der Waals surface area contributed by atoms with Crippen LogP contribution in [0.3, 0.4) is 0 Å². The zero-order valence-electron chi connectivity index (χ0n) is 14.2. The van der Waals surface area contributed by atoms with Gasteiger partial charge in [0, 0.05) is 32.2 Å². The van der Waals surface area contributed by atoms with Gasteiger partial charge in [-0.1, -0.05) is 24.7 Å². The summed E-state index contributed by atoms with van der Waals surface area (Å²) < 4.78 is 5.46. The Labute approximate surface area is 146 Å². The summed E-state index contributed by atoms with van der Waals surface area (Å²) in [5.74, 6) is 0. The summed E-state index contributed by atoms with van der Waals surface area (Å²) in [7, 11) is 0. The quantitative estimate of drug-likeness (QED) is 0.675. The molecule has 24 heavy (non-hydrogen) atoms. The minimum atomic E-state index is -0.237. The fourth-order valence-electron chi connectivity index (χ4n) is 2.09. The highest BCUT2D eigenvalue weighted by Crippen LogP contribution is 2.32. The third-order valence-corrected chi connectivity index (χ3v) is 4.47. The van der Waals surface area contributed by atoms with Crippen molar-refractivity contribution < 1.29 is 9.53 Å². The number of unbranched alkanes of at least 4 members (excludes halogenated alkanes) is 1. The molecule has 0 radical (unpaired) electrons. The predicted molar refractivity (Wildman–Crippen MR) is 97.4 cm³/mol. The standard InChI is InChI=1S/C17H24N4O2S/c1-3-4-11-23-12-5-8-19-16(22)21-17-20-13(2)15(24-17)14-6-9-18-10-7-14/h6-7,9-10H,3-5,8,11-12H2,1-2H3,(H2,19,20,21,22). The molecule has 2 aromatic heterocycles. The molecule has 0 aliphatic heterocycles. The zero-order valence-corrected chi connectivity index (χ0v) is 15.0. The van der Waals surface area contributed by atoms with Crippen molar-refractivity contribution in [1.82, 2.24) is 15.3 Å². The molecular weight excluding hydrogens is 324 g/mol. The van der Waals surface area contributed by atoms with Gasteiger partial charge >= 0.3 is 6.03 Å². The van der Waals surface area contributed by atoms with Gasteiger partial charge in [-0.05, 0) is 37.5 Å². The lowest BCUT2D eigenvalue weighted by atomic mass is 10.2. The van der Waals surface area contributed by atoms with Crippen LogP contribution in [0.4, 0.5) is 9.93 Å². The number of nitrogens with zero attached hydrogens (tertiary/aromatic N) is 2. The SMILES string of the molecule is CCCCOCCCNC(=O)Nc1nc(C)c(-c2ccncc2)s1. The molecule has 6 nitrogen and oxygen atoms in total. The van der Waals surface area contributed by atoms with E-state index >= 15 is 0 Å². The Morgan fingerprint density at radius 3 is 2.75 bits per heavy atom. The van der Waals surface area contributed by atoms with Crippen LogP contribution in [0.25, 0.3) is 10.4 Å². The summed E-state index contributed by atoms with van der Waals surface area (Å²) in [5, 5.41) is 6.20. The van der Waals surface area contributed by atoms with Crippen LogP contribution < -0.4 is 10.6 Å². The van der Waals surface area contributed by atoms with Crippen molar-refractivity contribution in [3.05, 3.63) is 30.2 Å². The number of hydrogen-bond acceptors (Lipinski definition) is 5. The minimum Gasteiger partial charge on any atom is -0.381 e. The minimum absolute atomic E-state index is 0.237. The summed E-state index contributed by atoms with van der Waals surface area (Å²) in [6.45, 7) is 6.11.